The van der Waals surface area contributed by atoms with Gasteiger partial charge >= 0.3 is 0 Å². The number of nitrogens with one attached hydrogen (secondary N) is 2. The van der Waals surface area contributed by atoms with Crippen molar-refractivity contribution in [1.82, 2.24) is 4.90 Å². The Morgan fingerprint density at radius 2 is 1.60 bits per heavy atom. The van der Waals surface area contributed by atoms with Crippen LogP contribution in [-0.4, -0.2) is 43.0 Å². The molecule has 6 nitrogen and oxygen atoms in total. The van der Waals surface area contributed by atoms with Gasteiger partial charge in [-0.05, 0) is 68.0 Å². The Bertz CT molecular complexity index is 1110. The molecule has 1 heterocycles. The van der Waals surface area contributed by atoms with Crippen molar-refractivity contribution in [3.63, 3.8) is 0 Å². The molecule has 0 bridgehead atoms. The molecule has 0 aliphatic carbocycles. The summed E-state index contributed by atoms with van der Waals surface area (Å²) in [6.07, 6.45) is 5.19. The SMILES string of the molecule is O=C(CNc1cccc(C(=O)N2CCCCC2)c1)Nc1cccc(OCCCc2ccccc2)c1. The fourth-order valence-corrected chi connectivity index (χ4v) is 4.20. The second-order valence-corrected chi connectivity index (χ2v) is 8.80. The molecule has 0 aromatic heterocycles. The summed E-state index contributed by atoms with van der Waals surface area (Å²) in [6.45, 7) is 2.34. The molecule has 3 aromatic carbocycles. The highest BCUT2D eigenvalue weighted by Gasteiger charge is 2.18. The van der Waals surface area contributed by atoms with Crippen molar-refractivity contribution in [2.75, 3.05) is 36.9 Å². The maximum atomic E-state index is 12.7. The first-order valence-corrected chi connectivity index (χ1v) is 12.4. The molecule has 1 aliphatic heterocycles. The van der Waals surface area contributed by atoms with E-state index >= 15 is 0 Å². The van der Waals surface area contributed by atoms with E-state index in [-0.39, 0.29) is 18.4 Å². The van der Waals surface area contributed by atoms with Gasteiger partial charge in [-0.3, -0.25) is 9.59 Å². The van der Waals surface area contributed by atoms with Gasteiger partial charge in [-0.15, -0.1) is 0 Å². The largest absolute Gasteiger partial charge is 0.494 e. The topological polar surface area (TPSA) is 70.7 Å². The zero-order valence-corrected chi connectivity index (χ0v) is 20.0. The molecule has 0 unspecified atom stereocenters. The van der Waals surface area contributed by atoms with Crippen LogP contribution in [0.2, 0.25) is 0 Å². The van der Waals surface area contributed by atoms with E-state index in [2.05, 4.69) is 22.8 Å². The number of anilines is 2. The van der Waals surface area contributed by atoms with Gasteiger partial charge in [-0.25, -0.2) is 0 Å². The molecule has 3 aromatic rings. The second-order valence-electron chi connectivity index (χ2n) is 8.80. The minimum absolute atomic E-state index is 0.0541. The highest BCUT2D eigenvalue weighted by Crippen LogP contribution is 2.19. The van der Waals surface area contributed by atoms with E-state index in [0.717, 1.165) is 50.2 Å². The quantitative estimate of drug-likeness (QED) is 0.390. The first kappa shape index (κ1) is 24.3. The summed E-state index contributed by atoms with van der Waals surface area (Å²) in [6, 6.07) is 25.1. The molecule has 6 heteroatoms. The van der Waals surface area contributed by atoms with Crippen molar-refractivity contribution >= 4 is 23.2 Å². The van der Waals surface area contributed by atoms with E-state index in [1.165, 1.54) is 12.0 Å². The van der Waals surface area contributed by atoms with E-state index in [0.29, 0.717) is 17.9 Å². The third-order valence-corrected chi connectivity index (χ3v) is 6.05. The normalized spacial score (nSPS) is 13.2. The van der Waals surface area contributed by atoms with Gasteiger partial charge in [-0.2, -0.15) is 0 Å². The van der Waals surface area contributed by atoms with Gasteiger partial charge in [0.15, 0.2) is 0 Å². The average Bonchev–Trinajstić information content (AvgIpc) is 2.91. The van der Waals surface area contributed by atoms with Crippen molar-refractivity contribution < 1.29 is 14.3 Å². The number of nitrogens with zero attached hydrogens (tertiary/aromatic N) is 1. The second kappa shape index (κ2) is 12.6. The Morgan fingerprint density at radius 1 is 0.829 bits per heavy atom. The molecular formula is C29H33N3O3. The lowest BCUT2D eigenvalue weighted by Crippen LogP contribution is -2.35. The van der Waals surface area contributed by atoms with Gasteiger partial charge in [0.1, 0.15) is 5.75 Å². The highest BCUT2D eigenvalue weighted by atomic mass is 16.5. The smallest absolute Gasteiger partial charge is 0.253 e. The summed E-state index contributed by atoms with van der Waals surface area (Å²) in [7, 11) is 0. The van der Waals surface area contributed by atoms with E-state index in [1.807, 2.05) is 71.6 Å². The fourth-order valence-electron chi connectivity index (χ4n) is 4.20. The Balaban J connectivity index is 1.22. The van der Waals surface area contributed by atoms with Crippen molar-refractivity contribution in [3.05, 3.63) is 90.0 Å². The fraction of sp³-hybridized carbons (Fsp3) is 0.310. The van der Waals surface area contributed by atoms with Crippen LogP contribution >= 0.6 is 0 Å². The molecule has 2 amide bonds. The highest BCUT2D eigenvalue weighted by molar-refractivity contribution is 5.96. The number of ether oxygens (including phenoxy) is 1. The van der Waals surface area contributed by atoms with Crippen molar-refractivity contribution in [1.29, 1.82) is 0 Å². The van der Waals surface area contributed by atoms with Gasteiger partial charge < -0.3 is 20.3 Å². The minimum atomic E-state index is -0.168. The molecule has 0 radical (unpaired) electrons. The number of benzene rings is 3. The maximum Gasteiger partial charge on any atom is 0.253 e. The molecule has 1 fully saturated rings. The Labute approximate surface area is 207 Å². The van der Waals surface area contributed by atoms with Crippen LogP contribution in [-0.2, 0) is 11.2 Å². The van der Waals surface area contributed by atoms with Crippen LogP contribution in [0.1, 0.15) is 41.6 Å². The van der Waals surface area contributed by atoms with Crippen LogP contribution in [0.5, 0.6) is 5.75 Å². The minimum Gasteiger partial charge on any atom is -0.494 e. The lowest BCUT2D eigenvalue weighted by molar-refractivity contribution is -0.114. The van der Waals surface area contributed by atoms with Crippen molar-refractivity contribution in [2.45, 2.75) is 32.1 Å². The molecule has 4 rings (SSSR count). The summed E-state index contributed by atoms with van der Waals surface area (Å²) in [5.74, 6) is 0.616. The van der Waals surface area contributed by atoms with Gasteiger partial charge in [0.05, 0.1) is 13.2 Å². The summed E-state index contributed by atoms with van der Waals surface area (Å²) >= 11 is 0. The van der Waals surface area contributed by atoms with Gasteiger partial charge in [0.2, 0.25) is 5.91 Å². The first-order chi connectivity index (χ1) is 17.2. The summed E-state index contributed by atoms with van der Waals surface area (Å²) in [4.78, 5) is 27.1. The zero-order valence-electron chi connectivity index (χ0n) is 20.0. The summed E-state index contributed by atoms with van der Waals surface area (Å²) in [5.41, 5.74) is 3.38. The number of rotatable bonds is 10. The molecule has 1 saturated heterocycles. The molecule has 0 atom stereocenters. The van der Waals surface area contributed by atoms with Crippen molar-refractivity contribution in [3.8, 4) is 5.75 Å². The molecule has 0 spiro atoms. The predicted octanol–water partition coefficient (Wildman–Crippen LogP) is 5.37. The number of hydrogen-bond acceptors (Lipinski definition) is 4. The third-order valence-electron chi connectivity index (χ3n) is 6.05. The number of amides is 2. The predicted molar refractivity (Wildman–Crippen MR) is 140 cm³/mol. The van der Waals surface area contributed by atoms with Gasteiger partial charge in [-0.1, -0.05) is 42.5 Å². The molecule has 35 heavy (non-hydrogen) atoms. The van der Waals surface area contributed by atoms with Crippen LogP contribution in [0.3, 0.4) is 0 Å². The molecule has 182 valence electrons. The number of piperidine rings is 1. The average molecular weight is 472 g/mol. The molecule has 1 aliphatic rings. The number of likely N-dealkylation sites (tertiary alicyclic amines) is 1. The Morgan fingerprint density at radius 3 is 2.43 bits per heavy atom. The van der Waals surface area contributed by atoms with Crippen molar-refractivity contribution in [2.24, 2.45) is 0 Å². The number of carbonyl (C=O) groups excluding carboxylic acids is 2. The lowest BCUT2D eigenvalue weighted by atomic mass is 10.1. The maximum absolute atomic E-state index is 12.7. The number of hydrogen-bond donors (Lipinski definition) is 2. The zero-order chi connectivity index (χ0) is 24.3. The van der Waals surface area contributed by atoms with Gasteiger partial charge in [0, 0.05) is 36.1 Å². The van der Waals surface area contributed by atoms with Crippen LogP contribution in [0, 0.1) is 0 Å². The summed E-state index contributed by atoms with van der Waals surface area (Å²) in [5, 5.41) is 6.02. The molecular weight excluding hydrogens is 438 g/mol. The number of aryl methyl sites for hydroxylation is 1. The summed E-state index contributed by atoms with van der Waals surface area (Å²) < 4.78 is 5.86. The Kier molecular flexibility index (Phi) is 8.76. The monoisotopic (exact) mass is 471 g/mol. The van der Waals surface area contributed by atoms with Crippen LogP contribution < -0.4 is 15.4 Å². The lowest BCUT2D eigenvalue weighted by Gasteiger charge is -2.26. The van der Waals surface area contributed by atoms with Crippen LogP contribution in [0.4, 0.5) is 11.4 Å². The van der Waals surface area contributed by atoms with Crippen LogP contribution in [0.15, 0.2) is 78.9 Å². The standard InChI is InChI=1S/C29H33N3O3/c33-28(22-30-25-14-7-13-24(20-25)29(34)32-17-5-2-6-18-32)31-26-15-8-16-27(21-26)35-19-9-12-23-10-3-1-4-11-23/h1,3-4,7-8,10-11,13-16,20-21,30H,2,5-6,9,12,17-19,22H2,(H,31,33). The van der Waals surface area contributed by atoms with Gasteiger partial charge in [0.25, 0.3) is 5.91 Å². The van der Waals surface area contributed by atoms with E-state index in [4.69, 9.17) is 4.74 Å². The van der Waals surface area contributed by atoms with Crippen LogP contribution in [0.25, 0.3) is 0 Å². The van der Waals surface area contributed by atoms with E-state index < -0.39 is 0 Å². The van der Waals surface area contributed by atoms with E-state index in [1.54, 1.807) is 0 Å². The molecule has 2 N–H and O–H groups in total. The number of carbonyl (C=O) groups is 2. The Hall–Kier alpha value is -3.80. The first-order valence-electron chi connectivity index (χ1n) is 12.4. The van der Waals surface area contributed by atoms with E-state index in [9.17, 15) is 9.59 Å². The third kappa shape index (κ3) is 7.60. The molecule has 0 saturated carbocycles.